The molecule has 1 saturated heterocycles. The largest absolute Gasteiger partial charge is 0.389 e. The van der Waals surface area contributed by atoms with Gasteiger partial charge in [-0.05, 0) is 11.6 Å². The Morgan fingerprint density at radius 1 is 1.25 bits per heavy atom. The average molecular weight is 218 g/mol. The molecule has 0 aliphatic carbocycles. The Kier molecular flexibility index (Phi) is 3.20. The van der Waals surface area contributed by atoms with Crippen LogP contribution in [0.4, 0.5) is 0 Å². The van der Waals surface area contributed by atoms with Gasteiger partial charge in [0.2, 0.25) is 0 Å². The number of hydrogen-bond acceptors (Lipinski definition) is 4. The second-order valence-electron chi connectivity index (χ2n) is 4.10. The first-order chi connectivity index (χ1) is 7.70. The summed E-state index contributed by atoms with van der Waals surface area (Å²) in [5.41, 5.74) is 1.59. The lowest BCUT2D eigenvalue weighted by Crippen LogP contribution is -2.22. The molecule has 2 N–H and O–H groups in total. The summed E-state index contributed by atoms with van der Waals surface area (Å²) < 4.78 is 0. The van der Waals surface area contributed by atoms with Crippen molar-refractivity contribution in [1.29, 1.82) is 5.26 Å². The van der Waals surface area contributed by atoms with Crippen molar-refractivity contribution in [2.75, 3.05) is 13.1 Å². The molecule has 1 aromatic carbocycles. The minimum absolute atomic E-state index is 0.459. The molecule has 0 aromatic heterocycles. The SMILES string of the molecule is N#Cc1ccccc1CN1C[C@@H](O)[C@@H](O)C1. The molecule has 0 amide bonds. The van der Waals surface area contributed by atoms with E-state index >= 15 is 0 Å². The third-order valence-corrected chi connectivity index (χ3v) is 2.87. The zero-order chi connectivity index (χ0) is 11.5. The van der Waals surface area contributed by atoms with E-state index < -0.39 is 12.2 Å². The zero-order valence-corrected chi connectivity index (χ0v) is 8.87. The van der Waals surface area contributed by atoms with Crippen LogP contribution in [0.3, 0.4) is 0 Å². The fraction of sp³-hybridized carbons (Fsp3) is 0.417. The van der Waals surface area contributed by atoms with Gasteiger partial charge in [0.05, 0.1) is 23.8 Å². The molecular weight excluding hydrogens is 204 g/mol. The second kappa shape index (κ2) is 4.62. The highest BCUT2D eigenvalue weighted by atomic mass is 16.3. The highest BCUT2D eigenvalue weighted by Crippen LogP contribution is 2.16. The smallest absolute Gasteiger partial charge is 0.0995 e. The monoisotopic (exact) mass is 218 g/mol. The molecule has 1 aliphatic heterocycles. The maximum Gasteiger partial charge on any atom is 0.0995 e. The van der Waals surface area contributed by atoms with Crippen LogP contribution in [0.1, 0.15) is 11.1 Å². The van der Waals surface area contributed by atoms with Gasteiger partial charge in [0, 0.05) is 19.6 Å². The van der Waals surface area contributed by atoms with Gasteiger partial charge in [-0.2, -0.15) is 5.26 Å². The van der Waals surface area contributed by atoms with Crippen molar-refractivity contribution < 1.29 is 10.2 Å². The molecule has 84 valence electrons. The van der Waals surface area contributed by atoms with Crippen molar-refractivity contribution in [1.82, 2.24) is 4.90 Å². The third-order valence-electron chi connectivity index (χ3n) is 2.87. The maximum absolute atomic E-state index is 9.42. The zero-order valence-electron chi connectivity index (χ0n) is 8.87. The Hall–Kier alpha value is -1.41. The van der Waals surface area contributed by atoms with Crippen LogP contribution in [0, 0.1) is 11.3 Å². The van der Waals surface area contributed by atoms with Gasteiger partial charge in [0.1, 0.15) is 0 Å². The van der Waals surface area contributed by atoms with Crippen molar-refractivity contribution in [2.45, 2.75) is 18.8 Å². The molecular formula is C12H14N2O2. The molecule has 1 aliphatic rings. The summed E-state index contributed by atoms with van der Waals surface area (Å²) in [7, 11) is 0. The molecule has 1 fully saturated rings. The quantitative estimate of drug-likeness (QED) is 0.738. The van der Waals surface area contributed by atoms with Crippen LogP contribution in [0.5, 0.6) is 0 Å². The van der Waals surface area contributed by atoms with E-state index in [0.717, 1.165) is 5.56 Å². The number of aliphatic hydroxyl groups excluding tert-OH is 2. The normalized spacial score (nSPS) is 25.6. The summed E-state index contributed by atoms with van der Waals surface area (Å²) in [4.78, 5) is 1.95. The Bertz CT molecular complexity index is 404. The first kappa shape index (κ1) is 11.1. The molecule has 2 rings (SSSR count). The van der Waals surface area contributed by atoms with Gasteiger partial charge >= 0.3 is 0 Å². The van der Waals surface area contributed by atoms with Gasteiger partial charge in [-0.15, -0.1) is 0 Å². The van der Waals surface area contributed by atoms with Crippen LogP contribution < -0.4 is 0 Å². The van der Waals surface area contributed by atoms with E-state index in [1.54, 1.807) is 6.07 Å². The van der Waals surface area contributed by atoms with Crippen molar-refractivity contribution >= 4 is 0 Å². The summed E-state index contributed by atoms with van der Waals surface area (Å²) in [6, 6.07) is 9.53. The number of nitrogens with zero attached hydrogens (tertiary/aromatic N) is 2. The third kappa shape index (κ3) is 2.22. The summed E-state index contributed by atoms with van der Waals surface area (Å²) in [5, 5.41) is 27.8. The number of hydrogen-bond donors (Lipinski definition) is 2. The summed E-state index contributed by atoms with van der Waals surface area (Å²) in [6.45, 7) is 1.51. The molecule has 2 atom stereocenters. The molecule has 0 unspecified atom stereocenters. The Morgan fingerprint density at radius 2 is 1.88 bits per heavy atom. The average Bonchev–Trinajstić information content (AvgIpc) is 2.59. The lowest BCUT2D eigenvalue weighted by Gasteiger charge is -2.15. The molecule has 0 bridgehead atoms. The van der Waals surface area contributed by atoms with Crippen LogP contribution in [0.2, 0.25) is 0 Å². The van der Waals surface area contributed by atoms with Crippen LogP contribution >= 0.6 is 0 Å². The standard InChI is InChI=1S/C12H14N2O2/c13-5-9-3-1-2-4-10(9)6-14-7-11(15)12(16)8-14/h1-4,11-12,15-16H,6-8H2/t11-,12+. The van der Waals surface area contributed by atoms with Gasteiger partial charge < -0.3 is 10.2 Å². The fourth-order valence-electron chi connectivity index (χ4n) is 1.98. The van der Waals surface area contributed by atoms with E-state index in [1.165, 1.54) is 0 Å². The summed E-state index contributed by atoms with van der Waals surface area (Å²) in [5.74, 6) is 0. The highest BCUT2D eigenvalue weighted by molar-refractivity contribution is 5.37. The lowest BCUT2D eigenvalue weighted by molar-refractivity contribution is 0.0572. The van der Waals surface area contributed by atoms with Crippen molar-refractivity contribution in [3.05, 3.63) is 35.4 Å². The number of β-amino-alcohol motifs (C(OH)–C–C–N with tert-alkyl or cyclic N) is 2. The lowest BCUT2D eigenvalue weighted by atomic mass is 10.1. The van der Waals surface area contributed by atoms with Crippen molar-refractivity contribution in [2.24, 2.45) is 0 Å². The predicted molar refractivity (Wildman–Crippen MR) is 58.4 cm³/mol. The minimum atomic E-state index is -0.672. The van der Waals surface area contributed by atoms with E-state index in [0.29, 0.717) is 25.2 Å². The van der Waals surface area contributed by atoms with Gasteiger partial charge in [-0.25, -0.2) is 0 Å². The molecule has 1 heterocycles. The van der Waals surface area contributed by atoms with Gasteiger partial charge in [-0.3, -0.25) is 4.90 Å². The van der Waals surface area contributed by atoms with Gasteiger partial charge in [0.25, 0.3) is 0 Å². The number of nitriles is 1. The molecule has 4 heteroatoms. The van der Waals surface area contributed by atoms with Crippen LogP contribution in [-0.2, 0) is 6.54 Å². The Morgan fingerprint density at radius 3 is 2.50 bits per heavy atom. The van der Waals surface area contributed by atoms with E-state index in [1.807, 2.05) is 23.1 Å². The van der Waals surface area contributed by atoms with Crippen LogP contribution in [0.15, 0.2) is 24.3 Å². The van der Waals surface area contributed by atoms with Crippen LogP contribution in [-0.4, -0.2) is 40.4 Å². The number of benzene rings is 1. The summed E-state index contributed by atoms with van der Waals surface area (Å²) in [6.07, 6.45) is -1.34. The molecule has 16 heavy (non-hydrogen) atoms. The summed E-state index contributed by atoms with van der Waals surface area (Å²) >= 11 is 0. The fourth-order valence-corrected chi connectivity index (χ4v) is 1.98. The van der Waals surface area contributed by atoms with E-state index in [2.05, 4.69) is 6.07 Å². The first-order valence-corrected chi connectivity index (χ1v) is 5.27. The molecule has 1 aromatic rings. The number of aliphatic hydroxyl groups is 2. The van der Waals surface area contributed by atoms with E-state index in [-0.39, 0.29) is 0 Å². The maximum atomic E-state index is 9.42. The number of rotatable bonds is 2. The molecule has 4 nitrogen and oxygen atoms in total. The second-order valence-corrected chi connectivity index (χ2v) is 4.10. The highest BCUT2D eigenvalue weighted by Gasteiger charge is 2.29. The van der Waals surface area contributed by atoms with Crippen molar-refractivity contribution in [3.63, 3.8) is 0 Å². The van der Waals surface area contributed by atoms with E-state index in [9.17, 15) is 10.2 Å². The van der Waals surface area contributed by atoms with Crippen LogP contribution in [0.25, 0.3) is 0 Å². The van der Waals surface area contributed by atoms with Crippen molar-refractivity contribution in [3.8, 4) is 6.07 Å². The Balaban J connectivity index is 2.08. The molecule has 0 radical (unpaired) electrons. The molecule has 0 spiro atoms. The first-order valence-electron chi connectivity index (χ1n) is 5.27. The minimum Gasteiger partial charge on any atom is -0.389 e. The molecule has 0 saturated carbocycles. The van der Waals surface area contributed by atoms with Gasteiger partial charge in [0.15, 0.2) is 0 Å². The Labute approximate surface area is 94.4 Å². The topological polar surface area (TPSA) is 67.5 Å². The van der Waals surface area contributed by atoms with Gasteiger partial charge in [-0.1, -0.05) is 18.2 Å². The number of likely N-dealkylation sites (tertiary alicyclic amines) is 1. The predicted octanol–water partition coefficient (Wildman–Crippen LogP) is 0.0957. The van der Waals surface area contributed by atoms with E-state index in [4.69, 9.17) is 5.26 Å².